The molecule has 1 aromatic carbocycles. The molecule has 0 bridgehead atoms. The highest BCUT2D eigenvalue weighted by molar-refractivity contribution is 5.29. The van der Waals surface area contributed by atoms with Gasteiger partial charge in [-0.3, -0.25) is 0 Å². The molecule has 0 spiro atoms. The standard InChI is InChI=1S/C11H12F4O/c1-3-10(16,11(13,14)15)8-4-5-9(12)7(2)6-8/h4-6,16H,3H2,1-2H3. The SMILES string of the molecule is CCC(O)(c1ccc(F)c(C)c1)C(F)(F)F. The van der Waals surface area contributed by atoms with E-state index in [9.17, 15) is 22.7 Å². The Morgan fingerprint density at radius 3 is 2.19 bits per heavy atom. The third-order valence-electron chi connectivity index (χ3n) is 2.62. The van der Waals surface area contributed by atoms with Gasteiger partial charge in [0.05, 0.1) is 0 Å². The summed E-state index contributed by atoms with van der Waals surface area (Å²) in [6.45, 7) is 2.58. The van der Waals surface area contributed by atoms with Crippen LogP contribution in [0.2, 0.25) is 0 Å². The highest BCUT2D eigenvalue weighted by Gasteiger charge is 2.53. The minimum absolute atomic E-state index is 0.0774. The Morgan fingerprint density at radius 1 is 1.25 bits per heavy atom. The highest BCUT2D eigenvalue weighted by Crippen LogP contribution is 2.41. The molecule has 0 saturated carbocycles. The van der Waals surface area contributed by atoms with Gasteiger partial charge in [0, 0.05) is 0 Å². The molecule has 1 N–H and O–H groups in total. The molecule has 1 atom stereocenters. The van der Waals surface area contributed by atoms with E-state index < -0.39 is 24.0 Å². The predicted octanol–water partition coefficient (Wildman–Crippen LogP) is 3.29. The maximum atomic E-state index is 12.9. The Labute approximate surface area is 90.7 Å². The Bertz CT molecular complexity index is 386. The Hall–Kier alpha value is -1.10. The topological polar surface area (TPSA) is 20.2 Å². The first-order valence-corrected chi connectivity index (χ1v) is 4.78. The van der Waals surface area contributed by atoms with Gasteiger partial charge in [-0.05, 0) is 36.6 Å². The van der Waals surface area contributed by atoms with Crippen molar-refractivity contribution in [2.24, 2.45) is 0 Å². The van der Waals surface area contributed by atoms with E-state index in [1.165, 1.54) is 13.8 Å². The predicted molar refractivity (Wildman–Crippen MR) is 51.4 cm³/mol. The number of aryl methyl sites for hydroxylation is 1. The Kier molecular flexibility index (Phi) is 3.28. The van der Waals surface area contributed by atoms with Crippen molar-refractivity contribution in [3.8, 4) is 0 Å². The highest BCUT2D eigenvalue weighted by atomic mass is 19.4. The number of rotatable bonds is 2. The monoisotopic (exact) mass is 236 g/mol. The van der Waals surface area contributed by atoms with Crippen molar-refractivity contribution in [1.82, 2.24) is 0 Å². The van der Waals surface area contributed by atoms with Crippen LogP contribution in [-0.4, -0.2) is 11.3 Å². The fourth-order valence-corrected chi connectivity index (χ4v) is 1.47. The molecule has 1 rings (SSSR count). The lowest BCUT2D eigenvalue weighted by atomic mass is 9.89. The molecule has 1 nitrogen and oxygen atoms in total. The number of halogens is 4. The second-order valence-electron chi connectivity index (χ2n) is 3.68. The minimum atomic E-state index is -4.77. The van der Waals surface area contributed by atoms with Crippen LogP contribution in [0.5, 0.6) is 0 Å². The summed E-state index contributed by atoms with van der Waals surface area (Å²) >= 11 is 0. The van der Waals surface area contributed by atoms with Gasteiger partial charge in [0.1, 0.15) is 5.82 Å². The molecule has 0 fully saturated rings. The molecule has 0 aliphatic rings. The first kappa shape index (κ1) is 13.0. The molecule has 0 aliphatic carbocycles. The quantitative estimate of drug-likeness (QED) is 0.781. The molecule has 0 saturated heterocycles. The number of hydrogen-bond donors (Lipinski definition) is 1. The van der Waals surface area contributed by atoms with E-state index in [1.807, 2.05) is 0 Å². The summed E-state index contributed by atoms with van der Waals surface area (Å²) in [5, 5.41) is 9.60. The third-order valence-corrected chi connectivity index (χ3v) is 2.62. The molecule has 90 valence electrons. The zero-order chi connectivity index (χ0) is 12.6. The van der Waals surface area contributed by atoms with Crippen LogP contribution in [0.1, 0.15) is 24.5 Å². The molecular formula is C11H12F4O. The van der Waals surface area contributed by atoms with Crippen molar-refractivity contribution in [2.75, 3.05) is 0 Å². The number of aliphatic hydroxyl groups is 1. The molecule has 16 heavy (non-hydrogen) atoms. The lowest BCUT2D eigenvalue weighted by Crippen LogP contribution is -2.41. The molecule has 0 heterocycles. The second kappa shape index (κ2) is 4.05. The molecule has 5 heteroatoms. The fourth-order valence-electron chi connectivity index (χ4n) is 1.47. The molecule has 0 aliphatic heterocycles. The molecule has 0 amide bonds. The summed E-state index contributed by atoms with van der Waals surface area (Å²) < 4.78 is 51.0. The van der Waals surface area contributed by atoms with Gasteiger partial charge in [-0.15, -0.1) is 0 Å². The molecular weight excluding hydrogens is 224 g/mol. The van der Waals surface area contributed by atoms with E-state index in [-0.39, 0.29) is 11.1 Å². The normalized spacial score (nSPS) is 15.9. The maximum Gasteiger partial charge on any atom is 0.421 e. The summed E-state index contributed by atoms with van der Waals surface area (Å²) in [5.74, 6) is -0.593. The van der Waals surface area contributed by atoms with E-state index in [1.54, 1.807) is 0 Å². The van der Waals surface area contributed by atoms with Gasteiger partial charge >= 0.3 is 6.18 Å². The van der Waals surface area contributed by atoms with Crippen molar-refractivity contribution >= 4 is 0 Å². The second-order valence-corrected chi connectivity index (χ2v) is 3.68. The Morgan fingerprint density at radius 2 is 1.81 bits per heavy atom. The number of alkyl halides is 3. The van der Waals surface area contributed by atoms with Crippen LogP contribution < -0.4 is 0 Å². The summed E-state index contributed by atoms with van der Waals surface area (Å²) in [6.07, 6.45) is -5.28. The maximum absolute atomic E-state index is 12.9. The minimum Gasteiger partial charge on any atom is -0.376 e. The van der Waals surface area contributed by atoms with Crippen LogP contribution in [0.3, 0.4) is 0 Å². The van der Waals surface area contributed by atoms with Crippen LogP contribution in [0.4, 0.5) is 17.6 Å². The smallest absolute Gasteiger partial charge is 0.376 e. The van der Waals surface area contributed by atoms with Gasteiger partial charge < -0.3 is 5.11 Å². The van der Waals surface area contributed by atoms with E-state index in [0.717, 1.165) is 18.2 Å². The fraction of sp³-hybridized carbons (Fsp3) is 0.455. The molecule has 1 unspecified atom stereocenters. The molecule has 0 radical (unpaired) electrons. The zero-order valence-electron chi connectivity index (χ0n) is 8.90. The van der Waals surface area contributed by atoms with Gasteiger partial charge in [0.15, 0.2) is 5.60 Å². The zero-order valence-corrected chi connectivity index (χ0v) is 8.90. The van der Waals surface area contributed by atoms with Gasteiger partial charge in [-0.2, -0.15) is 13.2 Å². The van der Waals surface area contributed by atoms with E-state index >= 15 is 0 Å². The van der Waals surface area contributed by atoms with Crippen molar-refractivity contribution in [1.29, 1.82) is 0 Å². The lowest BCUT2D eigenvalue weighted by molar-refractivity contribution is -0.267. The van der Waals surface area contributed by atoms with Gasteiger partial charge in [0.2, 0.25) is 0 Å². The largest absolute Gasteiger partial charge is 0.421 e. The average Bonchev–Trinajstić information content (AvgIpc) is 2.19. The van der Waals surface area contributed by atoms with Crippen LogP contribution in [0.25, 0.3) is 0 Å². The Balaban J connectivity index is 3.29. The molecule has 1 aromatic rings. The van der Waals surface area contributed by atoms with Crippen molar-refractivity contribution in [3.05, 3.63) is 35.1 Å². The third kappa shape index (κ3) is 2.04. The summed E-state index contributed by atoms with van der Waals surface area (Å²) in [6, 6.07) is 2.91. The summed E-state index contributed by atoms with van der Waals surface area (Å²) in [7, 11) is 0. The number of hydrogen-bond acceptors (Lipinski definition) is 1. The van der Waals surface area contributed by atoms with E-state index in [0.29, 0.717) is 0 Å². The van der Waals surface area contributed by atoms with Crippen LogP contribution in [-0.2, 0) is 5.60 Å². The van der Waals surface area contributed by atoms with Gasteiger partial charge in [-0.25, -0.2) is 4.39 Å². The van der Waals surface area contributed by atoms with Gasteiger partial charge in [-0.1, -0.05) is 13.0 Å². The van der Waals surface area contributed by atoms with Gasteiger partial charge in [0.25, 0.3) is 0 Å². The van der Waals surface area contributed by atoms with Crippen molar-refractivity contribution in [2.45, 2.75) is 32.0 Å². The van der Waals surface area contributed by atoms with Crippen molar-refractivity contribution < 1.29 is 22.7 Å². The number of benzene rings is 1. The summed E-state index contributed by atoms with van der Waals surface area (Å²) in [5.41, 5.74) is -3.17. The van der Waals surface area contributed by atoms with Crippen LogP contribution in [0, 0.1) is 12.7 Å². The van der Waals surface area contributed by atoms with E-state index in [4.69, 9.17) is 0 Å². The lowest BCUT2D eigenvalue weighted by Gasteiger charge is -2.30. The molecule has 0 aromatic heterocycles. The first-order chi connectivity index (χ1) is 7.22. The van der Waals surface area contributed by atoms with E-state index in [2.05, 4.69) is 0 Å². The van der Waals surface area contributed by atoms with Crippen molar-refractivity contribution in [3.63, 3.8) is 0 Å². The van der Waals surface area contributed by atoms with Crippen LogP contribution in [0.15, 0.2) is 18.2 Å². The average molecular weight is 236 g/mol. The van der Waals surface area contributed by atoms with Crippen LogP contribution >= 0.6 is 0 Å². The first-order valence-electron chi connectivity index (χ1n) is 4.78. The summed E-state index contributed by atoms with van der Waals surface area (Å²) in [4.78, 5) is 0.